The van der Waals surface area contributed by atoms with Gasteiger partial charge in [0.1, 0.15) is 5.75 Å². The Bertz CT molecular complexity index is 608. The molecule has 0 aliphatic heterocycles. The van der Waals surface area contributed by atoms with Crippen molar-refractivity contribution in [1.29, 1.82) is 0 Å². The average Bonchev–Trinajstić information content (AvgIpc) is 2.54. The predicted octanol–water partition coefficient (Wildman–Crippen LogP) is 4.16. The highest BCUT2D eigenvalue weighted by Gasteiger charge is 2.10. The van der Waals surface area contributed by atoms with Crippen molar-refractivity contribution in [3.63, 3.8) is 0 Å². The zero-order chi connectivity index (χ0) is 15.9. The van der Waals surface area contributed by atoms with Crippen molar-refractivity contribution in [3.8, 4) is 5.75 Å². The molecule has 3 nitrogen and oxygen atoms in total. The van der Waals surface area contributed by atoms with Crippen molar-refractivity contribution < 1.29 is 9.53 Å². The zero-order valence-corrected chi connectivity index (χ0v) is 13.6. The second-order valence-electron chi connectivity index (χ2n) is 5.13. The molecule has 0 saturated heterocycles. The van der Waals surface area contributed by atoms with E-state index in [-0.39, 0.29) is 18.6 Å². The number of ether oxygens (including phenoxy) is 1. The second kappa shape index (κ2) is 7.85. The number of hydrogen-bond donors (Lipinski definition) is 1. The minimum absolute atomic E-state index is 0.00337. The molecule has 0 spiro atoms. The van der Waals surface area contributed by atoms with Crippen LogP contribution in [0.2, 0.25) is 5.02 Å². The van der Waals surface area contributed by atoms with E-state index in [4.69, 9.17) is 16.3 Å². The summed E-state index contributed by atoms with van der Waals surface area (Å²) in [6.07, 6.45) is 0.985. The lowest BCUT2D eigenvalue weighted by molar-refractivity contribution is -0.123. The summed E-state index contributed by atoms with van der Waals surface area (Å²) in [4.78, 5) is 11.9. The number of benzene rings is 2. The van der Waals surface area contributed by atoms with Gasteiger partial charge in [0.25, 0.3) is 5.91 Å². The van der Waals surface area contributed by atoms with Crippen LogP contribution in [0.25, 0.3) is 0 Å². The lowest BCUT2D eigenvalue weighted by Gasteiger charge is -2.15. The van der Waals surface area contributed by atoms with Gasteiger partial charge in [-0.15, -0.1) is 0 Å². The highest BCUT2D eigenvalue weighted by molar-refractivity contribution is 6.30. The van der Waals surface area contributed by atoms with Gasteiger partial charge in [0, 0.05) is 5.02 Å². The average molecular weight is 318 g/mol. The standard InChI is InChI=1S/C18H20ClNO2/c1-3-14-4-10-17(11-5-14)22-12-18(21)20-13(2)15-6-8-16(19)9-7-15/h4-11,13H,3,12H2,1-2H3,(H,20,21). The number of halogens is 1. The van der Waals surface area contributed by atoms with Gasteiger partial charge >= 0.3 is 0 Å². The quantitative estimate of drug-likeness (QED) is 0.868. The van der Waals surface area contributed by atoms with E-state index >= 15 is 0 Å². The molecule has 2 aromatic carbocycles. The third-order valence-corrected chi connectivity index (χ3v) is 3.70. The number of hydrogen-bond acceptors (Lipinski definition) is 2. The van der Waals surface area contributed by atoms with E-state index in [2.05, 4.69) is 12.2 Å². The molecule has 0 aromatic heterocycles. The fraction of sp³-hybridized carbons (Fsp3) is 0.278. The molecular weight excluding hydrogens is 298 g/mol. The highest BCUT2D eigenvalue weighted by atomic mass is 35.5. The minimum atomic E-state index is -0.151. The number of nitrogens with one attached hydrogen (secondary N) is 1. The molecule has 1 unspecified atom stereocenters. The Balaban J connectivity index is 1.83. The van der Waals surface area contributed by atoms with Crippen molar-refractivity contribution in [3.05, 3.63) is 64.7 Å². The lowest BCUT2D eigenvalue weighted by atomic mass is 10.1. The molecule has 0 radical (unpaired) electrons. The fourth-order valence-electron chi connectivity index (χ4n) is 2.09. The molecule has 2 aromatic rings. The van der Waals surface area contributed by atoms with Crippen LogP contribution in [0.4, 0.5) is 0 Å². The summed E-state index contributed by atoms with van der Waals surface area (Å²) in [5, 5.41) is 3.58. The highest BCUT2D eigenvalue weighted by Crippen LogP contribution is 2.16. The maximum Gasteiger partial charge on any atom is 0.258 e. The molecule has 22 heavy (non-hydrogen) atoms. The van der Waals surface area contributed by atoms with Crippen LogP contribution in [0.1, 0.15) is 31.0 Å². The topological polar surface area (TPSA) is 38.3 Å². The molecule has 1 amide bonds. The first-order valence-electron chi connectivity index (χ1n) is 7.35. The van der Waals surface area contributed by atoms with Gasteiger partial charge in [0.15, 0.2) is 6.61 Å². The van der Waals surface area contributed by atoms with Crippen LogP contribution in [-0.4, -0.2) is 12.5 Å². The molecule has 0 aliphatic rings. The van der Waals surface area contributed by atoms with Gasteiger partial charge in [0.05, 0.1) is 6.04 Å². The van der Waals surface area contributed by atoms with E-state index < -0.39 is 0 Å². The van der Waals surface area contributed by atoms with E-state index in [0.717, 1.165) is 12.0 Å². The second-order valence-corrected chi connectivity index (χ2v) is 5.56. The van der Waals surface area contributed by atoms with Crippen LogP contribution in [0, 0.1) is 0 Å². The Labute approximate surface area is 136 Å². The molecule has 0 bridgehead atoms. The van der Waals surface area contributed by atoms with Gasteiger partial charge < -0.3 is 10.1 Å². The van der Waals surface area contributed by atoms with Crippen molar-refractivity contribution in [2.24, 2.45) is 0 Å². The fourth-order valence-corrected chi connectivity index (χ4v) is 2.21. The summed E-state index contributed by atoms with van der Waals surface area (Å²) in [5.74, 6) is 0.550. The molecule has 1 N–H and O–H groups in total. The Morgan fingerprint density at radius 1 is 1.14 bits per heavy atom. The summed E-state index contributed by atoms with van der Waals surface area (Å²) in [6.45, 7) is 4.03. The number of carbonyl (C=O) groups is 1. The first-order valence-corrected chi connectivity index (χ1v) is 7.73. The normalized spacial score (nSPS) is 11.8. The van der Waals surface area contributed by atoms with Crippen LogP contribution in [-0.2, 0) is 11.2 Å². The zero-order valence-electron chi connectivity index (χ0n) is 12.8. The Morgan fingerprint density at radius 3 is 2.36 bits per heavy atom. The van der Waals surface area contributed by atoms with E-state index in [1.165, 1.54) is 5.56 Å². The smallest absolute Gasteiger partial charge is 0.258 e. The van der Waals surface area contributed by atoms with E-state index in [0.29, 0.717) is 10.8 Å². The Kier molecular flexibility index (Phi) is 5.84. The largest absolute Gasteiger partial charge is 0.484 e. The monoisotopic (exact) mass is 317 g/mol. The van der Waals surface area contributed by atoms with E-state index in [9.17, 15) is 4.79 Å². The summed E-state index contributed by atoms with van der Waals surface area (Å²) in [7, 11) is 0. The van der Waals surface area contributed by atoms with Crippen LogP contribution < -0.4 is 10.1 Å². The Hall–Kier alpha value is -2.00. The molecule has 1 atom stereocenters. The van der Waals surface area contributed by atoms with Crippen LogP contribution >= 0.6 is 11.6 Å². The molecule has 116 valence electrons. The first-order chi connectivity index (χ1) is 10.6. The van der Waals surface area contributed by atoms with E-state index in [1.807, 2.05) is 55.5 Å². The van der Waals surface area contributed by atoms with Gasteiger partial charge in [0.2, 0.25) is 0 Å². The molecule has 2 rings (SSSR count). The van der Waals surface area contributed by atoms with Crippen LogP contribution in [0.3, 0.4) is 0 Å². The molecule has 4 heteroatoms. The van der Waals surface area contributed by atoms with Gasteiger partial charge in [-0.05, 0) is 48.7 Å². The van der Waals surface area contributed by atoms with Gasteiger partial charge in [-0.25, -0.2) is 0 Å². The third kappa shape index (κ3) is 4.78. The van der Waals surface area contributed by atoms with Gasteiger partial charge in [-0.2, -0.15) is 0 Å². The molecule has 0 aliphatic carbocycles. The van der Waals surface area contributed by atoms with Gasteiger partial charge in [-0.3, -0.25) is 4.79 Å². The predicted molar refractivity (Wildman–Crippen MR) is 89.3 cm³/mol. The number of carbonyl (C=O) groups excluding carboxylic acids is 1. The van der Waals surface area contributed by atoms with Crippen molar-refractivity contribution >= 4 is 17.5 Å². The minimum Gasteiger partial charge on any atom is -0.484 e. The SMILES string of the molecule is CCc1ccc(OCC(=O)NC(C)c2ccc(Cl)cc2)cc1. The van der Waals surface area contributed by atoms with Gasteiger partial charge in [-0.1, -0.05) is 42.8 Å². The number of amides is 1. The van der Waals surface area contributed by atoms with E-state index in [1.54, 1.807) is 0 Å². The first kappa shape index (κ1) is 16.4. The molecule has 0 fully saturated rings. The maximum absolute atomic E-state index is 11.9. The lowest BCUT2D eigenvalue weighted by Crippen LogP contribution is -2.31. The molecule has 0 heterocycles. The number of aryl methyl sites for hydroxylation is 1. The van der Waals surface area contributed by atoms with Crippen molar-refractivity contribution in [1.82, 2.24) is 5.32 Å². The summed E-state index contributed by atoms with van der Waals surface area (Å²) >= 11 is 5.85. The van der Waals surface area contributed by atoms with Crippen molar-refractivity contribution in [2.45, 2.75) is 26.3 Å². The third-order valence-electron chi connectivity index (χ3n) is 3.45. The Morgan fingerprint density at radius 2 is 1.77 bits per heavy atom. The van der Waals surface area contributed by atoms with Crippen LogP contribution in [0.5, 0.6) is 5.75 Å². The summed E-state index contributed by atoms with van der Waals surface area (Å²) in [5.41, 5.74) is 2.25. The molecular formula is C18H20ClNO2. The number of rotatable bonds is 6. The summed E-state index contributed by atoms with van der Waals surface area (Å²) in [6, 6.07) is 15.1. The summed E-state index contributed by atoms with van der Waals surface area (Å²) < 4.78 is 5.49. The van der Waals surface area contributed by atoms with Crippen LogP contribution in [0.15, 0.2) is 48.5 Å². The van der Waals surface area contributed by atoms with Crippen molar-refractivity contribution in [2.75, 3.05) is 6.61 Å². The maximum atomic E-state index is 11.9. The molecule has 0 saturated carbocycles.